The molecule has 2 aromatic rings. The number of nitrogens with two attached hydrogens (primary N) is 1. The van der Waals surface area contributed by atoms with Gasteiger partial charge in [-0.1, -0.05) is 12.1 Å². The molecule has 0 aliphatic rings. The maximum Gasteiger partial charge on any atom is 0.416 e. The van der Waals surface area contributed by atoms with Crippen LogP contribution in [-0.2, 0) is 16.2 Å². The average molecular weight is 441 g/mol. The Hall–Kier alpha value is -1.13. The normalized spacial score (nSPS) is 12.5. The van der Waals surface area contributed by atoms with Crippen LogP contribution in [0.5, 0.6) is 0 Å². The molecule has 0 atom stereocenters. The van der Waals surface area contributed by atoms with Crippen LogP contribution in [0.4, 0.5) is 13.2 Å². The zero-order chi connectivity index (χ0) is 16.7. The van der Waals surface area contributed by atoms with E-state index in [1.165, 1.54) is 18.2 Å². The molecule has 0 unspecified atom stereocenters. The van der Waals surface area contributed by atoms with Gasteiger partial charge < -0.3 is 0 Å². The predicted molar refractivity (Wildman–Crippen MR) is 85.7 cm³/mol. The fourth-order valence-corrected chi connectivity index (χ4v) is 3.73. The van der Waals surface area contributed by atoms with Crippen molar-refractivity contribution in [2.24, 2.45) is 5.14 Å². The molecule has 0 fully saturated rings. The number of hydrogen-bond donors (Lipinski definition) is 1. The number of benzene rings is 2. The zero-order valence-electron chi connectivity index (χ0n) is 11.3. The SMILES string of the molecule is Cc1cc(C(F)(F)F)cc(I)c1-c1cccc(S(N)(=O)=O)c1. The summed E-state index contributed by atoms with van der Waals surface area (Å²) in [5.74, 6) is 0. The number of aryl methyl sites for hydroxylation is 1. The fraction of sp³-hybridized carbons (Fsp3) is 0.143. The molecule has 8 heteroatoms. The molecule has 0 saturated carbocycles. The highest BCUT2D eigenvalue weighted by Gasteiger charge is 2.31. The first-order chi connectivity index (χ1) is 10.00. The first-order valence-corrected chi connectivity index (χ1v) is 8.63. The van der Waals surface area contributed by atoms with Crippen molar-refractivity contribution in [3.05, 3.63) is 51.1 Å². The number of primary sulfonamides is 1. The molecule has 0 heterocycles. The van der Waals surface area contributed by atoms with Gasteiger partial charge in [0.25, 0.3) is 0 Å². The molecule has 2 N–H and O–H groups in total. The summed E-state index contributed by atoms with van der Waals surface area (Å²) in [5.41, 5.74) is 0.729. The molecule has 0 spiro atoms. The molecule has 0 radical (unpaired) electrons. The first kappa shape index (κ1) is 17.2. The fourth-order valence-electron chi connectivity index (χ4n) is 2.10. The van der Waals surface area contributed by atoms with E-state index < -0.39 is 21.8 Å². The summed E-state index contributed by atoms with van der Waals surface area (Å²) in [6.07, 6.45) is -4.42. The lowest BCUT2D eigenvalue weighted by molar-refractivity contribution is -0.137. The topological polar surface area (TPSA) is 60.2 Å². The Morgan fingerprint density at radius 3 is 2.27 bits per heavy atom. The van der Waals surface area contributed by atoms with E-state index in [1.54, 1.807) is 13.0 Å². The van der Waals surface area contributed by atoms with Gasteiger partial charge in [-0.3, -0.25) is 0 Å². The van der Waals surface area contributed by atoms with Crippen LogP contribution in [0.3, 0.4) is 0 Å². The second-order valence-corrected chi connectivity index (χ2v) is 7.44. The Bertz CT molecular complexity index is 809. The van der Waals surface area contributed by atoms with Crippen molar-refractivity contribution in [1.29, 1.82) is 0 Å². The highest BCUT2D eigenvalue weighted by atomic mass is 127. The molecule has 0 bridgehead atoms. The van der Waals surface area contributed by atoms with Gasteiger partial charge in [0, 0.05) is 3.57 Å². The van der Waals surface area contributed by atoms with E-state index in [-0.39, 0.29) is 4.90 Å². The van der Waals surface area contributed by atoms with E-state index in [0.29, 0.717) is 20.3 Å². The van der Waals surface area contributed by atoms with Gasteiger partial charge in [-0.25, -0.2) is 13.6 Å². The maximum atomic E-state index is 12.8. The number of hydrogen-bond acceptors (Lipinski definition) is 2. The minimum absolute atomic E-state index is 0.0832. The van der Waals surface area contributed by atoms with E-state index in [0.717, 1.165) is 12.1 Å². The molecule has 118 valence electrons. The zero-order valence-corrected chi connectivity index (χ0v) is 14.3. The Labute approximate surface area is 139 Å². The summed E-state index contributed by atoms with van der Waals surface area (Å²) >= 11 is 1.81. The molecule has 0 aliphatic heterocycles. The minimum atomic E-state index is -4.42. The highest BCUT2D eigenvalue weighted by Crippen LogP contribution is 2.36. The van der Waals surface area contributed by atoms with Crippen molar-refractivity contribution < 1.29 is 21.6 Å². The molecule has 0 aromatic heterocycles. The standard InChI is InChI=1S/C14H11F3INO2S/c1-8-5-10(14(15,16)17)7-12(18)13(8)9-3-2-4-11(6-9)22(19,20)21/h2-7H,1H3,(H2,19,20,21). The molecule has 2 aromatic carbocycles. The van der Waals surface area contributed by atoms with E-state index in [9.17, 15) is 21.6 Å². The van der Waals surface area contributed by atoms with Gasteiger partial charge in [0.1, 0.15) is 0 Å². The number of halogens is 4. The monoisotopic (exact) mass is 441 g/mol. The number of rotatable bonds is 2. The maximum absolute atomic E-state index is 12.8. The van der Waals surface area contributed by atoms with Gasteiger partial charge in [-0.15, -0.1) is 0 Å². The van der Waals surface area contributed by atoms with E-state index in [1.807, 2.05) is 22.6 Å². The van der Waals surface area contributed by atoms with Gasteiger partial charge in [0.15, 0.2) is 0 Å². The second kappa shape index (κ2) is 5.82. The van der Waals surface area contributed by atoms with Crippen molar-refractivity contribution in [2.45, 2.75) is 18.0 Å². The van der Waals surface area contributed by atoms with Gasteiger partial charge in [0.05, 0.1) is 10.5 Å². The van der Waals surface area contributed by atoms with Crippen LogP contribution in [0, 0.1) is 10.5 Å². The van der Waals surface area contributed by atoms with Gasteiger partial charge >= 0.3 is 6.18 Å². The van der Waals surface area contributed by atoms with Gasteiger partial charge in [-0.2, -0.15) is 13.2 Å². The lowest BCUT2D eigenvalue weighted by atomic mass is 9.98. The van der Waals surface area contributed by atoms with Crippen molar-refractivity contribution in [1.82, 2.24) is 0 Å². The van der Waals surface area contributed by atoms with Crippen molar-refractivity contribution in [2.75, 3.05) is 0 Å². The molecule has 0 aliphatic carbocycles. The quantitative estimate of drug-likeness (QED) is 0.719. The average Bonchev–Trinajstić information content (AvgIpc) is 2.36. The third kappa shape index (κ3) is 3.61. The Balaban J connectivity index is 2.64. The Kier molecular flexibility index (Phi) is 4.56. The summed E-state index contributed by atoms with van der Waals surface area (Å²) in [7, 11) is -3.87. The summed E-state index contributed by atoms with van der Waals surface area (Å²) in [6, 6.07) is 7.90. The summed E-state index contributed by atoms with van der Waals surface area (Å²) < 4.78 is 61.6. The van der Waals surface area contributed by atoms with E-state index in [2.05, 4.69) is 0 Å². The molecule has 0 saturated heterocycles. The van der Waals surface area contributed by atoms with Crippen LogP contribution in [0.15, 0.2) is 41.3 Å². The largest absolute Gasteiger partial charge is 0.416 e. The van der Waals surface area contributed by atoms with E-state index >= 15 is 0 Å². The lowest BCUT2D eigenvalue weighted by Gasteiger charge is -2.14. The third-order valence-corrected chi connectivity index (χ3v) is 4.83. The Morgan fingerprint density at radius 2 is 1.77 bits per heavy atom. The lowest BCUT2D eigenvalue weighted by Crippen LogP contribution is -2.12. The highest BCUT2D eigenvalue weighted by molar-refractivity contribution is 14.1. The van der Waals surface area contributed by atoms with Gasteiger partial charge in [0.2, 0.25) is 10.0 Å². The van der Waals surface area contributed by atoms with Crippen LogP contribution in [0.25, 0.3) is 11.1 Å². The molecule has 3 nitrogen and oxygen atoms in total. The van der Waals surface area contributed by atoms with Gasteiger partial charge in [-0.05, 0) is 70.5 Å². The number of sulfonamides is 1. The van der Waals surface area contributed by atoms with Crippen LogP contribution in [0.2, 0.25) is 0 Å². The summed E-state index contributed by atoms with van der Waals surface area (Å²) in [6.45, 7) is 1.55. The van der Waals surface area contributed by atoms with Crippen LogP contribution < -0.4 is 5.14 Å². The summed E-state index contributed by atoms with van der Waals surface area (Å²) in [4.78, 5) is -0.0832. The number of alkyl halides is 3. The molecule has 2 rings (SSSR count). The Morgan fingerprint density at radius 1 is 1.14 bits per heavy atom. The van der Waals surface area contributed by atoms with Crippen molar-refractivity contribution in [3.8, 4) is 11.1 Å². The van der Waals surface area contributed by atoms with Crippen LogP contribution in [0.1, 0.15) is 11.1 Å². The molecular formula is C14H11F3INO2S. The van der Waals surface area contributed by atoms with E-state index in [4.69, 9.17) is 5.14 Å². The predicted octanol–water partition coefficient (Wildman–Crippen LogP) is 3.93. The second-order valence-electron chi connectivity index (χ2n) is 4.72. The van der Waals surface area contributed by atoms with Crippen molar-refractivity contribution >= 4 is 32.6 Å². The van der Waals surface area contributed by atoms with Crippen LogP contribution >= 0.6 is 22.6 Å². The minimum Gasteiger partial charge on any atom is -0.225 e. The third-order valence-electron chi connectivity index (χ3n) is 3.07. The first-order valence-electron chi connectivity index (χ1n) is 6.01. The van der Waals surface area contributed by atoms with Crippen LogP contribution in [-0.4, -0.2) is 8.42 Å². The smallest absolute Gasteiger partial charge is 0.225 e. The summed E-state index contributed by atoms with van der Waals surface area (Å²) in [5, 5.41) is 5.08. The molecule has 22 heavy (non-hydrogen) atoms. The molecule has 0 amide bonds. The molecular weight excluding hydrogens is 430 g/mol. The van der Waals surface area contributed by atoms with Crippen molar-refractivity contribution in [3.63, 3.8) is 0 Å².